The van der Waals surface area contributed by atoms with Crippen LogP contribution in [0, 0.1) is 0 Å². The lowest BCUT2D eigenvalue weighted by Gasteiger charge is -2.10. The van der Waals surface area contributed by atoms with E-state index in [9.17, 15) is 4.79 Å². The standard InChI is InChI=1S/C22H29N5O2/c1-4-10-17-20-21(27(2)26-17)22(23-15-16-11-6-5-7-12-16)25-18(24-20)13-8-9-14-19(28)29-3/h5-7,11-12H,4,8-10,13-15H2,1-3H3,(H,23,24,25). The van der Waals surface area contributed by atoms with Crippen molar-refractivity contribution in [1.82, 2.24) is 19.7 Å². The molecule has 29 heavy (non-hydrogen) atoms. The number of rotatable bonds is 10. The minimum atomic E-state index is -0.177. The summed E-state index contributed by atoms with van der Waals surface area (Å²) in [7, 11) is 3.36. The summed E-state index contributed by atoms with van der Waals surface area (Å²) in [4.78, 5) is 20.9. The molecule has 0 aliphatic heterocycles. The van der Waals surface area contributed by atoms with Crippen molar-refractivity contribution in [1.29, 1.82) is 0 Å². The normalized spacial score (nSPS) is 11.0. The van der Waals surface area contributed by atoms with E-state index < -0.39 is 0 Å². The number of methoxy groups -OCH3 is 1. The van der Waals surface area contributed by atoms with Gasteiger partial charge in [0, 0.05) is 26.4 Å². The Labute approximate surface area is 171 Å². The Balaban J connectivity index is 1.84. The van der Waals surface area contributed by atoms with Crippen LogP contribution in [0.2, 0.25) is 0 Å². The lowest BCUT2D eigenvalue weighted by Crippen LogP contribution is -2.07. The molecule has 154 valence electrons. The van der Waals surface area contributed by atoms with Crippen molar-refractivity contribution in [2.75, 3.05) is 12.4 Å². The maximum absolute atomic E-state index is 11.3. The van der Waals surface area contributed by atoms with Crippen LogP contribution in [0.4, 0.5) is 5.82 Å². The summed E-state index contributed by atoms with van der Waals surface area (Å²) in [6.45, 7) is 2.83. The van der Waals surface area contributed by atoms with Crippen LogP contribution in [0.5, 0.6) is 0 Å². The highest BCUT2D eigenvalue weighted by molar-refractivity contribution is 5.87. The maximum Gasteiger partial charge on any atom is 0.305 e. The first-order valence-electron chi connectivity index (χ1n) is 10.2. The van der Waals surface area contributed by atoms with E-state index in [4.69, 9.17) is 14.7 Å². The van der Waals surface area contributed by atoms with Crippen molar-refractivity contribution in [3.05, 3.63) is 47.4 Å². The number of aryl methyl sites for hydroxylation is 3. The summed E-state index contributed by atoms with van der Waals surface area (Å²) in [5, 5.41) is 8.15. The minimum Gasteiger partial charge on any atom is -0.469 e. The predicted octanol–water partition coefficient (Wildman–Crippen LogP) is 3.81. The van der Waals surface area contributed by atoms with E-state index in [1.54, 1.807) is 0 Å². The van der Waals surface area contributed by atoms with Gasteiger partial charge in [-0.3, -0.25) is 9.48 Å². The molecule has 0 radical (unpaired) electrons. The van der Waals surface area contributed by atoms with Crippen molar-refractivity contribution in [3.63, 3.8) is 0 Å². The molecule has 1 N–H and O–H groups in total. The molecule has 0 aliphatic rings. The maximum atomic E-state index is 11.3. The van der Waals surface area contributed by atoms with Gasteiger partial charge in [-0.05, 0) is 24.8 Å². The van der Waals surface area contributed by atoms with Crippen LogP contribution in [0.15, 0.2) is 30.3 Å². The van der Waals surface area contributed by atoms with Gasteiger partial charge in [-0.25, -0.2) is 9.97 Å². The third kappa shape index (κ3) is 5.31. The molecule has 7 heteroatoms. The second-order valence-electron chi connectivity index (χ2n) is 7.13. The first kappa shape index (κ1) is 20.8. The van der Waals surface area contributed by atoms with Crippen LogP contribution < -0.4 is 5.32 Å². The van der Waals surface area contributed by atoms with E-state index in [0.29, 0.717) is 19.4 Å². The summed E-state index contributed by atoms with van der Waals surface area (Å²) < 4.78 is 6.58. The van der Waals surface area contributed by atoms with Gasteiger partial charge in [0.1, 0.15) is 16.9 Å². The number of fused-ring (bicyclic) bond motifs is 1. The van der Waals surface area contributed by atoms with Crippen LogP contribution in [-0.4, -0.2) is 32.8 Å². The molecule has 0 saturated carbocycles. The number of hydrogen-bond acceptors (Lipinski definition) is 6. The molecule has 0 fully saturated rings. The number of aromatic nitrogens is 4. The molecule has 2 heterocycles. The van der Waals surface area contributed by atoms with Crippen LogP contribution in [0.1, 0.15) is 49.7 Å². The monoisotopic (exact) mass is 395 g/mol. The van der Waals surface area contributed by atoms with Crippen LogP contribution in [0.3, 0.4) is 0 Å². The smallest absolute Gasteiger partial charge is 0.305 e. The first-order chi connectivity index (χ1) is 14.1. The van der Waals surface area contributed by atoms with Gasteiger partial charge in [-0.15, -0.1) is 0 Å². The molecule has 7 nitrogen and oxygen atoms in total. The zero-order valence-electron chi connectivity index (χ0n) is 17.4. The Bertz CT molecular complexity index is 953. The van der Waals surface area contributed by atoms with Crippen molar-refractivity contribution in [2.24, 2.45) is 7.05 Å². The van der Waals surface area contributed by atoms with Gasteiger partial charge < -0.3 is 10.1 Å². The molecule has 0 atom stereocenters. The van der Waals surface area contributed by atoms with Gasteiger partial charge in [-0.1, -0.05) is 43.7 Å². The van der Waals surface area contributed by atoms with E-state index in [-0.39, 0.29) is 5.97 Å². The molecular formula is C22H29N5O2. The second kappa shape index (κ2) is 10.0. The zero-order chi connectivity index (χ0) is 20.6. The Kier molecular flexibility index (Phi) is 7.16. The van der Waals surface area contributed by atoms with Gasteiger partial charge in [0.05, 0.1) is 12.8 Å². The van der Waals surface area contributed by atoms with E-state index in [0.717, 1.165) is 54.1 Å². The number of carbonyl (C=O) groups is 1. The van der Waals surface area contributed by atoms with Gasteiger partial charge in [-0.2, -0.15) is 5.10 Å². The lowest BCUT2D eigenvalue weighted by molar-refractivity contribution is -0.140. The van der Waals surface area contributed by atoms with Crippen molar-refractivity contribution >= 4 is 22.8 Å². The number of anilines is 1. The van der Waals surface area contributed by atoms with Crippen LogP contribution in [-0.2, 0) is 36.0 Å². The van der Waals surface area contributed by atoms with E-state index in [1.165, 1.54) is 12.7 Å². The summed E-state index contributed by atoms with van der Waals surface area (Å²) >= 11 is 0. The minimum absolute atomic E-state index is 0.177. The average Bonchev–Trinajstić information content (AvgIpc) is 3.05. The average molecular weight is 396 g/mol. The number of esters is 1. The highest BCUT2D eigenvalue weighted by Crippen LogP contribution is 2.25. The molecule has 0 spiro atoms. The summed E-state index contributed by atoms with van der Waals surface area (Å²) in [5.74, 6) is 1.41. The second-order valence-corrected chi connectivity index (χ2v) is 7.13. The zero-order valence-corrected chi connectivity index (χ0v) is 17.4. The molecule has 0 bridgehead atoms. The van der Waals surface area contributed by atoms with Gasteiger partial charge >= 0.3 is 5.97 Å². The molecule has 0 amide bonds. The van der Waals surface area contributed by atoms with Gasteiger partial charge in [0.2, 0.25) is 0 Å². The van der Waals surface area contributed by atoms with Gasteiger partial charge in [0.15, 0.2) is 5.82 Å². The van der Waals surface area contributed by atoms with Gasteiger partial charge in [0.25, 0.3) is 0 Å². The Morgan fingerprint density at radius 2 is 1.93 bits per heavy atom. The molecule has 2 aromatic heterocycles. The Morgan fingerprint density at radius 3 is 2.66 bits per heavy atom. The quantitative estimate of drug-likeness (QED) is 0.415. The molecule has 3 rings (SSSR count). The van der Waals surface area contributed by atoms with Crippen molar-refractivity contribution in [3.8, 4) is 0 Å². The number of nitrogens with one attached hydrogen (secondary N) is 1. The van der Waals surface area contributed by atoms with E-state index >= 15 is 0 Å². The molecule has 1 aromatic carbocycles. The number of ether oxygens (including phenoxy) is 1. The summed E-state index contributed by atoms with van der Waals surface area (Å²) in [5.41, 5.74) is 4.05. The fourth-order valence-electron chi connectivity index (χ4n) is 3.36. The largest absolute Gasteiger partial charge is 0.469 e. The highest BCUT2D eigenvalue weighted by atomic mass is 16.5. The SMILES string of the molecule is CCCc1nn(C)c2c(NCc3ccccc3)nc(CCCCC(=O)OC)nc12. The fraction of sp³-hybridized carbons (Fsp3) is 0.455. The number of benzene rings is 1. The Morgan fingerprint density at radius 1 is 1.14 bits per heavy atom. The van der Waals surface area contributed by atoms with Crippen molar-refractivity contribution in [2.45, 2.75) is 52.0 Å². The number of nitrogens with zero attached hydrogens (tertiary/aromatic N) is 4. The molecular weight excluding hydrogens is 366 g/mol. The topological polar surface area (TPSA) is 81.9 Å². The third-order valence-corrected chi connectivity index (χ3v) is 4.85. The predicted molar refractivity (Wildman–Crippen MR) is 114 cm³/mol. The molecule has 0 saturated heterocycles. The first-order valence-corrected chi connectivity index (χ1v) is 10.2. The number of unbranched alkanes of at least 4 members (excludes halogenated alkanes) is 1. The summed E-state index contributed by atoms with van der Waals surface area (Å²) in [6, 6.07) is 10.2. The Hall–Kier alpha value is -2.96. The van der Waals surface area contributed by atoms with Crippen LogP contribution in [0.25, 0.3) is 11.0 Å². The molecule has 0 unspecified atom stereocenters. The summed E-state index contributed by atoms with van der Waals surface area (Å²) in [6.07, 6.45) is 4.63. The number of hydrogen-bond donors (Lipinski definition) is 1. The third-order valence-electron chi connectivity index (χ3n) is 4.85. The van der Waals surface area contributed by atoms with E-state index in [1.807, 2.05) is 29.9 Å². The van der Waals surface area contributed by atoms with Crippen molar-refractivity contribution < 1.29 is 9.53 Å². The fourth-order valence-corrected chi connectivity index (χ4v) is 3.36. The van der Waals surface area contributed by atoms with Crippen LogP contribution >= 0.6 is 0 Å². The molecule has 0 aliphatic carbocycles. The van der Waals surface area contributed by atoms with E-state index in [2.05, 4.69) is 29.5 Å². The lowest BCUT2D eigenvalue weighted by atomic mass is 10.1. The highest BCUT2D eigenvalue weighted by Gasteiger charge is 2.17. The molecule has 3 aromatic rings. The number of carbonyl (C=O) groups excluding carboxylic acids is 1.